The maximum absolute atomic E-state index is 13.7. The summed E-state index contributed by atoms with van der Waals surface area (Å²) < 4.78 is 30.2. The van der Waals surface area contributed by atoms with Gasteiger partial charge in [0.2, 0.25) is 0 Å². The Morgan fingerprint density at radius 1 is 1.48 bits per heavy atom. The number of nitrogens with zero attached hydrogens (tertiary/aromatic N) is 1. The highest BCUT2D eigenvalue weighted by molar-refractivity contribution is 5.95. The van der Waals surface area contributed by atoms with Gasteiger partial charge in [0.25, 0.3) is 5.91 Å². The number of benzene rings is 1. The number of halogens is 1. The molecule has 2 saturated heterocycles. The molecule has 0 aromatic heterocycles. The number of ether oxygens (including phenoxy) is 3. The first-order valence-electron chi connectivity index (χ1n) is 7.95. The molecular formula is C17H22FNO4. The van der Waals surface area contributed by atoms with Crippen LogP contribution in [0.3, 0.4) is 0 Å². The Hall–Kier alpha value is -1.66. The zero-order valence-corrected chi connectivity index (χ0v) is 13.5. The van der Waals surface area contributed by atoms with Crippen molar-refractivity contribution in [3.63, 3.8) is 0 Å². The number of rotatable bonds is 4. The average molecular weight is 323 g/mol. The van der Waals surface area contributed by atoms with Crippen LogP contribution in [0.4, 0.5) is 4.39 Å². The Morgan fingerprint density at radius 3 is 2.91 bits per heavy atom. The van der Waals surface area contributed by atoms with E-state index in [1.54, 1.807) is 11.0 Å². The van der Waals surface area contributed by atoms with E-state index in [0.29, 0.717) is 31.9 Å². The molecule has 1 amide bonds. The lowest BCUT2D eigenvalue weighted by atomic mass is 9.84. The second-order valence-electron chi connectivity index (χ2n) is 6.11. The zero-order chi connectivity index (χ0) is 16.4. The van der Waals surface area contributed by atoms with Gasteiger partial charge in [0.05, 0.1) is 26.3 Å². The Labute approximate surface area is 135 Å². The number of likely N-dealkylation sites (tertiary alicyclic amines) is 1. The molecule has 1 unspecified atom stereocenters. The molecule has 0 radical (unpaired) electrons. The van der Waals surface area contributed by atoms with E-state index in [9.17, 15) is 9.18 Å². The predicted octanol–water partition coefficient (Wildman–Crippen LogP) is 2.24. The summed E-state index contributed by atoms with van der Waals surface area (Å²) in [7, 11) is 1.40. The van der Waals surface area contributed by atoms with Gasteiger partial charge in [-0.25, -0.2) is 4.39 Å². The van der Waals surface area contributed by atoms with Crippen molar-refractivity contribution in [3.8, 4) is 5.75 Å². The molecule has 2 heterocycles. The van der Waals surface area contributed by atoms with Crippen LogP contribution < -0.4 is 4.74 Å². The minimum absolute atomic E-state index is 0.136. The van der Waals surface area contributed by atoms with E-state index < -0.39 is 5.82 Å². The molecule has 0 bridgehead atoms. The van der Waals surface area contributed by atoms with E-state index in [2.05, 4.69) is 0 Å². The van der Waals surface area contributed by atoms with Crippen LogP contribution in [0, 0.1) is 5.82 Å². The maximum Gasteiger partial charge on any atom is 0.254 e. The van der Waals surface area contributed by atoms with Gasteiger partial charge < -0.3 is 19.1 Å². The summed E-state index contributed by atoms with van der Waals surface area (Å²) >= 11 is 0. The molecule has 5 nitrogen and oxygen atoms in total. The predicted molar refractivity (Wildman–Crippen MR) is 82.2 cm³/mol. The van der Waals surface area contributed by atoms with Gasteiger partial charge in [-0.1, -0.05) is 0 Å². The Morgan fingerprint density at radius 2 is 2.26 bits per heavy atom. The molecule has 0 aliphatic carbocycles. The van der Waals surface area contributed by atoms with Crippen LogP contribution in [-0.2, 0) is 9.47 Å². The fourth-order valence-electron chi connectivity index (χ4n) is 3.36. The Kier molecular flexibility index (Phi) is 4.55. The SMILES string of the molecule is CCOC1CCOC2(C1)CN(C(=O)c1ccc(OC)c(F)c1)C2. The second-order valence-corrected chi connectivity index (χ2v) is 6.11. The summed E-state index contributed by atoms with van der Waals surface area (Å²) in [6.07, 6.45) is 1.90. The molecule has 1 aromatic rings. The van der Waals surface area contributed by atoms with Crippen molar-refractivity contribution in [2.75, 3.05) is 33.4 Å². The third kappa shape index (κ3) is 3.19. The number of hydrogen-bond donors (Lipinski definition) is 0. The minimum Gasteiger partial charge on any atom is -0.494 e. The van der Waals surface area contributed by atoms with Crippen molar-refractivity contribution in [1.82, 2.24) is 4.90 Å². The summed E-state index contributed by atoms with van der Waals surface area (Å²) in [5.41, 5.74) is 0.0361. The van der Waals surface area contributed by atoms with Crippen molar-refractivity contribution >= 4 is 5.91 Å². The molecular weight excluding hydrogens is 301 g/mol. The van der Waals surface area contributed by atoms with Gasteiger partial charge in [-0.15, -0.1) is 0 Å². The summed E-state index contributed by atoms with van der Waals surface area (Å²) in [4.78, 5) is 14.1. The van der Waals surface area contributed by atoms with Crippen molar-refractivity contribution in [2.24, 2.45) is 0 Å². The van der Waals surface area contributed by atoms with Gasteiger partial charge in [-0.3, -0.25) is 4.79 Å². The van der Waals surface area contributed by atoms with E-state index >= 15 is 0 Å². The fraction of sp³-hybridized carbons (Fsp3) is 0.588. The highest BCUT2D eigenvalue weighted by Gasteiger charge is 2.49. The summed E-state index contributed by atoms with van der Waals surface area (Å²) in [6, 6.07) is 4.28. The van der Waals surface area contributed by atoms with Crippen LogP contribution >= 0.6 is 0 Å². The van der Waals surface area contributed by atoms with Gasteiger partial charge in [-0.2, -0.15) is 0 Å². The van der Waals surface area contributed by atoms with E-state index in [0.717, 1.165) is 12.8 Å². The van der Waals surface area contributed by atoms with E-state index in [1.807, 2.05) is 6.92 Å². The topological polar surface area (TPSA) is 48.0 Å². The van der Waals surface area contributed by atoms with Crippen molar-refractivity contribution < 1.29 is 23.4 Å². The minimum atomic E-state index is -0.529. The highest BCUT2D eigenvalue weighted by Crippen LogP contribution is 2.36. The van der Waals surface area contributed by atoms with Gasteiger partial charge >= 0.3 is 0 Å². The van der Waals surface area contributed by atoms with E-state index in [1.165, 1.54) is 19.2 Å². The van der Waals surface area contributed by atoms with Crippen LogP contribution in [-0.4, -0.2) is 55.9 Å². The molecule has 6 heteroatoms. The molecule has 2 fully saturated rings. The van der Waals surface area contributed by atoms with E-state index in [4.69, 9.17) is 14.2 Å². The number of hydrogen-bond acceptors (Lipinski definition) is 4. The van der Waals surface area contributed by atoms with Crippen LogP contribution in [0.1, 0.15) is 30.1 Å². The first-order valence-corrected chi connectivity index (χ1v) is 7.95. The molecule has 2 aliphatic heterocycles. The lowest BCUT2D eigenvalue weighted by Gasteiger charge is -2.53. The molecule has 1 spiro atoms. The second kappa shape index (κ2) is 6.45. The summed E-state index contributed by atoms with van der Waals surface area (Å²) in [6.45, 7) is 4.39. The van der Waals surface area contributed by atoms with Crippen molar-refractivity contribution in [3.05, 3.63) is 29.6 Å². The van der Waals surface area contributed by atoms with Gasteiger partial charge in [0.1, 0.15) is 5.60 Å². The molecule has 2 aliphatic rings. The molecule has 1 atom stereocenters. The molecule has 0 saturated carbocycles. The Balaban J connectivity index is 1.62. The highest BCUT2D eigenvalue weighted by atomic mass is 19.1. The normalized spacial score (nSPS) is 22.7. The Bertz CT molecular complexity index is 584. The molecule has 0 N–H and O–H groups in total. The van der Waals surface area contributed by atoms with Crippen molar-refractivity contribution in [2.45, 2.75) is 31.5 Å². The third-order valence-corrected chi connectivity index (χ3v) is 4.49. The molecule has 126 valence electrons. The van der Waals surface area contributed by atoms with Gasteiger partial charge in [0, 0.05) is 25.2 Å². The standard InChI is InChI=1S/C17H22FNO4/c1-3-22-13-6-7-23-17(9-13)10-19(11-17)16(20)12-4-5-15(21-2)14(18)8-12/h4-5,8,13H,3,6-7,9-11H2,1-2H3. The third-order valence-electron chi connectivity index (χ3n) is 4.49. The van der Waals surface area contributed by atoms with Crippen LogP contribution in [0.25, 0.3) is 0 Å². The number of carbonyl (C=O) groups is 1. The molecule has 3 rings (SSSR count). The number of carbonyl (C=O) groups excluding carboxylic acids is 1. The smallest absolute Gasteiger partial charge is 0.254 e. The summed E-state index contributed by atoms with van der Waals surface area (Å²) in [5.74, 6) is -0.574. The molecule has 1 aromatic carbocycles. The van der Waals surface area contributed by atoms with Gasteiger partial charge in [0.15, 0.2) is 11.6 Å². The fourth-order valence-corrected chi connectivity index (χ4v) is 3.36. The lowest BCUT2D eigenvalue weighted by Crippen LogP contribution is -2.67. The number of methoxy groups -OCH3 is 1. The lowest BCUT2D eigenvalue weighted by molar-refractivity contribution is -0.185. The van der Waals surface area contributed by atoms with Crippen LogP contribution in [0.2, 0.25) is 0 Å². The zero-order valence-electron chi connectivity index (χ0n) is 13.5. The maximum atomic E-state index is 13.7. The largest absolute Gasteiger partial charge is 0.494 e. The van der Waals surface area contributed by atoms with Gasteiger partial charge in [-0.05, 0) is 31.5 Å². The van der Waals surface area contributed by atoms with Crippen molar-refractivity contribution in [1.29, 1.82) is 0 Å². The van der Waals surface area contributed by atoms with Crippen LogP contribution in [0.5, 0.6) is 5.75 Å². The monoisotopic (exact) mass is 323 g/mol. The average Bonchev–Trinajstić information content (AvgIpc) is 2.52. The summed E-state index contributed by atoms with van der Waals surface area (Å²) in [5, 5.41) is 0. The quantitative estimate of drug-likeness (QED) is 0.853. The van der Waals surface area contributed by atoms with Crippen LogP contribution in [0.15, 0.2) is 18.2 Å². The first-order chi connectivity index (χ1) is 11.1. The molecule has 23 heavy (non-hydrogen) atoms. The number of amides is 1. The van der Waals surface area contributed by atoms with E-state index in [-0.39, 0.29) is 23.4 Å². The first kappa shape index (κ1) is 16.2.